The minimum atomic E-state index is -1.63. The van der Waals surface area contributed by atoms with E-state index < -0.39 is 36.2 Å². The van der Waals surface area contributed by atoms with E-state index in [0.29, 0.717) is 56.4 Å². The van der Waals surface area contributed by atoms with Gasteiger partial charge in [-0.2, -0.15) is 10.5 Å². The molecular weight excluding hydrogens is 915 g/mol. The van der Waals surface area contributed by atoms with Crippen LogP contribution in [-0.4, -0.2) is 66.6 Å². The Morgan fingerprint density at radius 2 is 0.956 bits per heavy atom. The lowest BCUT2D eigenvalue weighted by Gasteiger charge is -2.25. The number of nitrogens with zero attached hydrogens (tertiary/aromatic N) is 4. The number of rotatable bonds is 23. The Morgan fingerprint density at radius 3 is 1.32 bits per heavy atom. The summed E-state index contributed by atoms with van der Waals surface area (Å²) in [5, 5.41) is 63.8. The molecular formula is C50H46Cl2N6O10. The number of aliphatic hydroxyl groups excluding tert-OH is 2. The molecule has 0 fully saturated rings. The number of aliphatic hydroxyl groups is 2. The maximum atomic E-state index is 11.9. The fourth-order valence-electron chi connectivity index (χ4n) is 6.48. The molecule has 0 saturated heterocycles. The van der Waals surface area contributed by atoms with Gasteiger partial charge in [0.05, 0.1) is 34.4 Å². The third-order valence-electron chi connectivity index (χ3n) is 10.8. The van der Waals surface area contributed by atoms with Crippen LogP contribution in [0.25, 0.3) is 11.1 Å². The lowest BCUT2D eigenvalue weighted by Crippen LogP contribution is -2.52. The van der Waals surface area contributed by atoms with Crippen LogP contribution in [0.3, 0.4) is 0 Å². The highest BCUT2D eigenvalue weighted by Crippen LogP contribution is 2.36. The van der Waals surface area contributed by atoms with Crippen molar-refractivity contribution >= 4 is 35.1 Å². The summed E-state index contributed by atoms with van der Waals surface area (Å²) in [5.41, 5.74) is 3.12. The Morgan fingerprint density at radius 1 is 0.574 bits per heavy atom. The van der Waals surface area contributed by atoms with E-state index in [2.05, 4.69) is 20.6 Å². The van der Waals surface area contributed by atoms with Crippen LogP contribution in [0, 0.1) is 22.7 Å². The molecule has 16 nitrogen and oxygen atoms in total. The summed E-state index contributed by atoms with van der Waals surface area (Å²) in [6.45, 7) is 1.66. The standard InChI is InChI=1S/C50H46Cl2N6O10/c1-49(29-59,47(61)62)57-23-39-13-41(51)45(15-43(39)65-27-35-9-33(17-53)19-55-21-35)67-25-31-5-3-7-37(11-31)38-8-4-6-32(12-38)26-68-46-16-44(66-28-36-10-34(18-54)20-56-22-36)40(14-42(46)52)24-58-50(2,30-60)48(63)64/h3-16,19-22,57-60H,23-30H2,1-2H3,(H,61,62)(H,63,64)/t49-,50?/m1/s1. The van der Waals surface area contributed by atoms with Crippen LogP contribution in [0.5, 0.6) is 23.0 Å². The van der Waals surface area contributed by atoms with Crippen LogP contribution in [0.2, 0.25) is 10.0 Å². The average molecular weight is 962 g/mol. The zero-order valence-electron chi connectivity index (χ0n) is 36.8. The number of hydrogen-bond acceptors (Lipinski definition) is 14. The lowest BCUT2D eigenvalue weighted by atomic mass is 10.0. The minimum Gasteiger partial charge on any atom is -0.488 e. The molecule has 2 heterocycles. The maximum absolute atomic E-state index is 11.9. The SMILES string of the molecule is CC(CO)(NCc1cc(Cl)c(OCc2cccc(-c3cccc(COc4cc(OCc5cncc(C#N)c5)c(CN[C@](C)(CO)C(=O)O)cc4Cl)c3)c2)cc1OCc1cncc(C#N)c1)C(=O)O. The quantitative estimate of drug-likeness (QED) is 0.0367. The van der Waals surface area contributed by atoms with Gasteiger partial charge in [0.2, 0.25) is 0 Å². The van der Waals surface area contributed by atoms with Crippen molar-refractivity contribution in [2.24, 2.45) is 0 Å². The predicted molar refractivity (Wildman–Crippen MR) is 250 cm³/mol. The van der Waals surface area contributed by atoms with Gasteiger partial charge < -0.3 is 39.4 Å². The van der Waals surface area contributed by atoms with Crippen LogP contribution in [0.1, 0.15) is 58.4 Å². The van der Waals surface area contributed by atoms with Crippen molar-refractivity contribution in [3.63, 3.8) is 0 Å². The zero-order valence-corrected chi connectivity index (χ0v) is 38.3. The van der Waals surface area contributed by atoms with Crippen LogP contribution in [0.4, 0.5) is 0 Å². The van der Waals surface area contributed by atoms with E-state index >= 15 is 0 Å². The fourth-order valence-corrected chi connectivity index (χ4v) is 6.96. The monoisotopic (exact) mass is 960 g/mol. The molecule has 0 bridgehead atoms. The van der Waals surface area contributed by atoms with Gasteiger partial charge in [0.25, 0.3) is 0 Å². The van der Waals surface area contributed by atoms with Gasteiger partial charge in [-0.1, -0.05) is 59.6 Å². The first-order valence-electron chi connectivity index (χ1n) is 20.9. The van der Waals surface area contributed by atoms with Gasteiger partial charge in [-0.05, 0) is 72.5 Å². The van der Waals surface area contributed by atoms with Gasteiger partial charge in [-0.15, -0.1) is 0 Å². The molecule has 0 aliphatic rings. The van der Waals surface area contributed by atoms with E-state index in [4.69, 9.17) is 42.1 Å². The predicted octanol–water partition coefficient (Wildman–Crippen LogP) is 7.36. The van der Waals surface area contributed by atoms with Gasteiger partial charge in [0.1, 0.15) is 72.6 Å². The first-order valence-corrected chi connectivity index (χ1v) is 21.6. The van der Waals surface area contributed by atoms with Gasteiger partial charge in [-0.25, -0.2) is 0 Å². The van der Waals surface area contributed by atoms with Crippen molar-refractivity contribution in [1.82, 2.24) is 20.6 Å². The number of ether oxygens (including phenoxy) is 4. The minimum absolute atomic E-state index is 0.0197. The van der Waals surface area contributed by atoms with Crippen molar-refractivity contribution in [1.29, 1.82) is 10.5 Å². The number of nitrogens with one attached hydrogen (secondary N) is 2. The molecule has 0 aliphatic heterocycles. The van der Waals surface area contributed by atoms with Gasteiger partial charge >= 0.3 is 11.9 Å². The number of aromatic nitrogens is 2. The Kier molecular flexibility index (Phi) is 16.9. The molecule has 0 radical (unpaired) electrons. The molecule has 18 heteroatoms. The first kappa shape index (κ1) is 50.1. The summed E-state index contributed by atoms with van der Waals surface area (Å²) in [6, 6.07) is 29.3. The van der Waals surface area contributed by atoms with Crippen molar-refractivity contribution in [3.8, 4) is 46.3 Å². The molecule has 2 atom stereocenters. The van der Waals surface area contributed by atoms with Crippen LogP contribution >= 0.6 is 23.2 Å². The average Bonchev–Trinajstić information content (AvgIpc) is 3.35. The topological polar surface area (TPSA) is 249 Å². The molecule has 1 unspecified atom stereocenters. The summed E-state index contributed by atoms with van der Waals surface area (Å²) in [7, 11) is 0. The van der Waals surface area contributed by atoms with Crippen LogP contribution < -0.4 is 29.6 Å². The number of nitriles is 2. The van der Waals surface area contributed by atoms with Crippen molar-refractivity contribution in [3.05, 3.63) is 164 Å². The fraction of sp³-hybridized carbons (Fsp3) is 0.240. The van der Waals surface area contributed by atoms with Crippen molar-refractivity contribution in [2.45, 2.75) is 64.4 Å². The zero-order chi connectivity index (χ0) is 48.8. The van der Waals surface area contributed by atoms with E-state index in [-0.39, 0.29) is 49.6 Å². The van der Waals surface area contributed by atoms with Crippen molar-refractivity contribution < 1.29 is 49.0 Å². The van der Waals surface area contributed by atoms with E-state index in [9.17, 15) is 40.5 Å². The summed E-state index contributed by atoms with van der Waals surface area (Å²) in [6.07, 6.45) is 6.00. The molecule has 6 rings (SSSR count). The van der Waals surface area contributed by atoms with Gasteiger partial charge in [0, 0.05) is 72.3 Å². The Hall–Kier alpha value is -7.28. The number of pyridine rings is 2. The smallest absolute Gasteiger partial charge is 0.326 e. The highest BCUT2D eigenvalue weighted by molar-refractivity contribution is 6.32. The number of carboxylic acids is 2. The normalized spacial score (nSPS) is 12.7. The molecule has 0 spiro atoms. The molecule has 0 saturated carbocycles. The Balaban J connectivity index is 1.17. The second-order valence-electron chi connectivity index (χ2n) is 16.0. The second-order valence-corrected chi connectivity index (χ2v) is 16.8. The molecule has 2 aromatic heterocycles. The maximum Gasteiger partial charge on any atom is 0.326 e. The second kappa shape index (κ2) is 23.0. The molecule has 0 aliphatic carbocycles. The molecule has 0 amide bonds. The van der Waals surface area contributed by atoms with E-state index in [0.717, 1.165) is 22.3 Å². The highest BCUT2D eigenvalue weighted by atomic mass is 35.5. The number of benzene rings is 4. The number of hydrogen-bond donors (Lipinski definition) is 6. The molecule has 4 aromatic carbocycles. The van der Waals surface area contributed by atoms with E-state index in [1.54, 1.807) is 48.8 Å². The Labute approximate surface area is 401 Å². The largest absolute Gasteiger partial charge is 0.488 e. The lowest BCUT2D eigenvalue weighted by molar-refractivity contribution is -0.146. The van der Waals surface area contributed by atoms with Gasteiger partial charge in [0.15, 0.2) is 0 Å². The first-order chi connectivity index (χ1) is 32.6. The third-order valence-corrected chi connectivity index (χ3v) is 11.3. The molecule has 350 valence electrons. The molecule has 6 N–H and O–H groups in total. The number of carboxylic acid groups (broad SMARTS) is 2. The summed E-state index contributed by atoms with van der Waals surface area (Å²) in [4.78, 5) is 31.9. The van der Waals surface area contributed by atoms with Crippen LogP contribution in [-0.2, 0) is 49.1 Å². The van der Waals surface area contributed by atoms with Gasteiger partial charge in [-0.3, -0.25) is 30.2 Å². The number of carbonyl (C=O) groups is 2. The summed E-state index contributed by atoms with van der Waals surface area (Å²) < 4.78 is 24.7. The highest BCUT2D eigenvalue weighted by Gasteiger charge is 2.33. The molecule has 68 heavy (non-hydrogen) atoms. The summed E-state index contributed by atoms with van der Waals surface area (Å²) in [5.74, 6) is -1.22. The molecule has 6 aromatic rings. The van der Waals surface area contributed by atoms with E-state index in [1.807, 2.05) is 60.7 Å². The van der Waals surface area contributed by atoms with Crippen LogP contribution in [0.15, 0.2) is 110 Å². The third kappa shape index (κ3) is 13.0. The Bertz CT molecular complexity index is 2680. The number of aliphatic carboxylic acids is 2. The summed E-state index contributed by atoms with van der Waals surface area (Å²) >= 11 is 13.4. The van der Waals surface area contributed by atoms with E-state index in [1.165, 1.54) is 26.2 Å². The van der Waals surface area contributed by atoms with Crippen molar-refractivity contribution in [2.75, 3.05) is 13.2 Å². The number of halogens is 2.